The predicted octanol–water partition coefficient (Wildman–Crippen LogP) is -5.27. The van der Waals surface area contributed by atoms with Gasteiger partial charge in [-0.2, -0.15) is 20.3 Å². The number of methoxy groups -OCH3 is 1. The van der Waals surface area contributed by atoms with Crippen LogP contribution in [-0.2, 0) is 39.3 Å². The molecule has 1 aliphatic rings. The van der Waals surface area contributed by atoms with Crippen molar-refractivity contribution in [2.75, 3.05) is 24.5 Å². The molecule has 0 aromatic heterocycles. The van der Waals surface area contributed by atoms with Crippen molar-refractivity contribution >= 4 is 53.3 Å². The summed E-state index contributed by atoms with van der Waals surface area (Å²) in [5.41, 5.74) is 0.306. The third kappa shape index (κ3) is 10.0. The maximum absolute atomic E-state index is 12.9. The van der Waals surface area contributed by atoms with Gasteiger partial charge in [-0.25, -0.2) is 25.3 Å². The zero-order chi connectivity index (χ0) is 27.6. The minimum atomic E-state index is -5.07. The van der Waals surface area contributed by atoms with Crippen molar-refractivity contribution in [3.05, 3.63) is 42.5 Å². The van der Waals surface area contributed by atoms with Gasteiger partial charge in [-0.3, -0.25) is 8.98 Å². The number of hydrazone groups is 1. The van der Waals surface area contributed by atoms with Gasteiger partial charge in [-0.15, -0.1) is 0 Å². The van der Waals surface area contributed by atoms with Gasteiger partial charge in [-0.1, -0.05) is 0 Å². The van der Waals surface area contributed by atoms with Gasteiger partial charge in [0, 0.05) is 0 Å². The van der Waals surface area contributed by atoms with E-state index in [2.05, 4.69) is 19.5 Å². The third-order valence-electron chi connectivity index (χ3n) is 4.84. The van der Waals surface area contributed by atoms with Gasteiger partial charge in [0.05, 0.1) is 40.7 Å². The van der Waals surface area contributed by atoms with E-state index in [1.54, 1.807) is 0 Å². The van der Waals surface area contributed by atoms with Crippen LogP contribution in [0.25, 0.3) is 0 Å². The van der Waals surface area contributed by atoms with E-state index in [-0.39, 0.29) is 131 Å². The fourth-order valence-electron chi connectivity index (χ4n) is 3.05. The average Bonchev–Trinajstić information content (AvgIpc) is 3.09. The molecule has 0 saturated carbocycles. The van der Waals surface area contributed by atoms with Crippen LogP contribution < -0.4 is 113 Å². The van der Waals surface area contributed by atoms with Crippen LogP contribution in [0.2, 0.25) is 0 Å². The Morgan fingerprint density at radius 3 is 2.10 bits per heavy atom. The van der Waals surface area contributed by atoms with Crippen LogP contribution in [0.15, 0.2) is 67.6 Å². The van der Waals surface area contributed by atoms with Gasteiger partial charge in [-0.05, 0) is 49.4 Å². The molecule has 2 aromatic carbocycles. The molecule has 0 bridgehead atoms. The van der Waals surface area contributed by atoms with Crippen molar-refractivity contribution in [2.24, 2.45) is 15.3 Å². The Bertz CT molecular complexity index is 1600. The molecule has 1 unspecified atom stereocenters. The summed E-state index contributed by atoms with van der Waals surface area (Å²) in [6.45, 7) is 0.598. The number of hydrogen-bond donors (Lipinski definition) is 0. The maximum atomic E-state index is 12.9. The second kappa shape index (κ2) is 14.9. The van der Waals surface area contributed by atoms with Crippen molar-refractivity contribution in [1.82, 2.24) is 0 Å². The Balaban J connectivity index is 0.00000380. The van der Waals surface area contributed by atoms with E-state index in [9.17, 15) is 39.2 Å². The Labute approximate surface area is 309 Å². The molecule has 200 valence electrons. The van der Waals surface area contributed by atoms with Crippen LogP contribution in [0.4, 0.5) is 11.4 Å². The number of anilines is 1. The molecular formula is C19H18K2N4O11S3. The first-order chi connectivity index (χ1) is 17.1. The Morgan fingerprint density at radius 1 is 0.974 bits per heavy atom. The molecule has 0 spiro atoms. The van der Waals surface area contributed by atoms with E-state index in [1.807, 2.05) is 0 Å². The second-order valence-corrected chi connectivity index (χ2v) is 11.9. The Morgan fingerprint density at radius 2 is 1.56 bits per heavy atom. The van der Waals surface area contributed by atoms with E-state index in [0.29, 0.717) is 0 Å². The zero-order valence-electron chi connectivity index (χ0n) is 21.0. The summed E-state index contributed by atoms with van der Waals surface area (Å²) in [5.74, 6) is -1.36. The first kappa shape index (κ1) is 37.0. The summed E-state index contributed by atoms with van der Waals surface area (Å²) in [6.07, 6.45) is 0. The maximum Gasteiger partial charge on any atom is 1.00 e. The number of benzene rings is 2. The number of rotatable bonds is 10. The van der Waals surface area contributed by atoms with Gasteiger partial charge in [0.2, 0.25) is 10.4 Å². The average molecular weight is 653 g/mol. The van der Waals surface area contributed by atoms with Gasteiger partial charge >= 0.3 is 103 Å². The molecule has 1 amide bonds. The molecule has 0 fully saturated rings. The summed E-state index contributed by atoms with van der Waals surface area (Å²) < 4.78 is 99.0. The van der Waals surface area contributed by atoms with Crippen molar-refractivity contribution in [3.8, 4) is 5.75 Å². The Hall–Kier alpha value is -0.0173. The standard InChI is InChI=1S/C19H20N4O11S3.2K/c1-12-18(19(24)23(22-12)13-3-5-14(6-4-13)36(27,28)29)21-20-16-11-15(7-8-17(16)33-2)35(25,26)10-9-34-37(30,31)32;;/h3-8,11,18H,9-10H2,1-2H3,(H,27,28,29)(H,30,31,32);;/q;2*+1/p-2. The number of carbonyl (C=O) groups excluding carboxylic acids is 1. The molecule has 15 nitrogen and oxygen atoms in total. The topological polar surface area (TPSA) is 224 Å². The molecule has 1 heterocycles. The molecule has 20 heteroatoms. The molecular weight excluding hydrogens is 635 g/mol. The van der Waals surface area contributed by atoms with Crippen LogP contribution in [0.3, 0.4) is 0 Å². The normalized spacial score (nSPS) is 16.0. The number of sulfone groups is 1. The quantitative estimate of drug-likeness (QED) is 0.102. The molecule has 1 atom stereocenters. The van der Waals surface area contributed by atoms with Crippen LogP contribution in [-0.4, -0.2) is 71.5 Å². The molecule has 1 aliphatic heterocycles. The van der Waals surface area contributed by atoms with E-state index in [0.717, 1.165) is 23.2 Å². The minimum absolute atomic E-state index is 0. The molecule has 0 saturated heterocycles. The third-order valence-corrected chi connectivity index (χ3v) is 7.82. The smallest absolute Gasteiger partial charge is 0.744 e. The summed E-state index contributed by atoms with van der Waals surface area (Å²) in [4.78, 5) is 12.1. The second-order valence-electron chi connectivity index (χ2n) is 7.34. The van der Waals surface area contributed by atoms with Gasteiger partial charge in [0.25, 0.3) is 5.91 Å². The summed E-state index contributed by atoms with van der Waals surface area (Å²) in [5, 5.41) is 12.9. The molecule has 3 rings (SSSR count). The number of ether oxygens (including phenoxy) is 1. The molecule has 39 heavy (non-hydrogen) atoms. The largest absolute Gasteiger partial charge is 1.00 e. The first-order valence-corrected chi connectivity index (χ1v) is 14.4. The number of amides is 1. The Kier molecular flexibility index (Phi) is 14.2. The zero-order valence-corrected chi connectivity index (χ0v) is 29.7. The fraction of sp³-hybridized carbons (Fsp3) is 0.263. The van der Waals surface area contributed by atoms with E-state index in [1.165, 1.54) is 38.3 Å². The minimum Gasteiger partial charge on any atom is -0.744 e. The van der Waals surface area contributed by atoms with Crippen molar-refractivity contribution in [1.29, 1.82) is 0 Å². The summed E-state index contributed by atoms with van der Waals surface area (Å²) in [7, 11) is -12.5. The first-order valence-electron chi connectivity index (χ1n) is 9.99. The van der Waals surface area contributed by atoms with Crippen LogP contribution in [0, 0.1) is 0 Å². The van der Waals surface area contributed by atoms with E-state index < -0.39 is 59.6 Å². The number of carbonyl (C=O) groups is 1. The number of azo groups is 1. The monoisotopic (exact) mass is 652 g/mol. The number of hydrogen-bond acceptors (Lipinski definition) is 14. The van der Waals surface area contributed by atoms with Crippen molar-refractivity contribution in [2.45, 2.75) is 22.8 Å². The fourth-order valence-corrected chi connectivity index (χ4v) is 5.02. The molecule has 0 aliphatic carbocycles. The summed E-state index contributed by atoms with van der Waals surface area (Å²) >= 11 is 0. The van der Waals surface area contributed by atoms with Crippen molar-refractivity contribution in [3.63, 3.8) is 0 Å². The van der Waals surface area contributed by atoms with Crippen LogP contribution in [0.1, 0.15) is 6.92 Å². The van der Waals surface area contributed by atoms with E-state index in [4.69, 9.17) is 4.74 Å². The van der Waals surface area contributed by atoms with Gasteiger partial charge in [0.15, 0.2) is 15.9 Å². The van der Waals surface area contributed by atoms with Crippen LogP contribution in [0.5, 0.6) is 5.75 Å². The SMILES string of the molecule is COc1ccc(S(=O)(=O)CCOS(=O)(=O)[O-])cc1N=NC1C(=O)N(c2ccc(S(=O)(=O)[O-])cc2)N=C1C.[K+].[K+]. The van der Waals surface area contributed by atoms with Crippen molar-refractivity contribution < 1.29 is 151 Å². The van der Waals surface area contributed by atoms with Crippen LogP contribution >= 0.6 is 0 Å². The predicted molar refractivity (Wildman–Crippen MR) is 124 cm³/mol. The summed E-state index contributed by atoms with van der Waals surface area (Å²) in [6, 6.07) is 6.80. The van der Waals surface area contributed by atoms with Gasteiger partial charge < -0.3 is 13.8 Å². The molecule has 0 radical (unpaired) electrons. The van der Waals surface area contributed by atoms with Gasteiger partial charge in [0.1, 0.15) is 21.6 Å². The molecule has 2 aromatic rings. The number of nitrogens with zero attached hydrogens (tertiary/aromatic N) is 4. The van der Waals surface area contributed by atoms with E-state index >= 15 is 0 Å². The molecule has 0 N–H and O–H groups in total.